The van der Waals surface area contributed by atoms with E-state index in [1.807, 2.05) is 0 Å². The molecule has 21 nitrogen and oxygen atoms in total. The molecule has 1 fully saturated rings. The first-order valence-corrected chi connectivity index (χ1v) is 19.4. The number of aromatic nitrogens is 3. The molecule has 5 N–H and O–H groups in total. The van der Waals surface area contributed by atoms with E-state index in [-0.39, 0.29) is 33.8 Å². The molecule has 0 spiro atoms. The summed E-state index contributed by atoms with van der Waals surface area (Å²) in [6, 6.07) is 7.35. The summed E-state index contributed by atoms with van der Waals surface area (Å²) in [5.74, 6) is -1.99. The van der Waals surface area contributed by atoms with Gasteiger partial charge in [-0.2, -0.15) is 49.7 Å². The van der Waals surface area contributed by atoms with Crippen molar-refractivity contribution in [3.63, 3.8) is 0 Å². The zero-order chi connectivity index (χ0) is 37.1. The van der Waals surface area contributed by atoms with Crippen LogP contribution in [0.4, 0.5) is 33.3 Å². The minimum Gasteiger partial charge on any atom is -0.505 e. The van der Waals surface area contributed by atoms with Gasteiger partial charge in [0.1, 0.15) is 16.3 Å². The maximum Gasteiger partial charge on any atom is 0.397 e. The van der Waals surface area contributed by atoms with Gasteiger partial charge < -0.3 is 24.2 Å². The van der Waals surface area contributed by atoms with Crippen LogP contribution in [0.3, 0.4) is 0 Å². The van der Waals surface area contributed by atoms with Gasteiger partial charge >= 0.3 is 16.5 Å². The number of ether oxygens (including phenoxy) is 1. The molecule has 274 valence electrons. The van der Waals surface area contributed by atoms with Crippen LogP contribution >= 0.6 is 0 Å². The average Bonchev–Trinajstić information content (AvgIpc) is 3.03. The maximum atomic E-state index is 14.5. The first-order valence-electron chi connectivity index (χ1n) is 13.9. The summed E-state index contributed by atoms with van der Waals surface area (Å²) in [5, 5.41) is 20.8. The minimum atomic E-state index is -5.19. The number of rotatable bonds is 13. The predicted octanol–water partition coefficient (Wildman–Crippen LogP) is 2.22. The molecule has 1 saturated heterocycles. The van der Waals surface area contributed by atoms with Crippen LogP contribution < -0.4 is 14.4 Å². The van der Waals surface area contributed by atoms with E-state index in [9.17, 15) is 48.1 Å². The van der Waals surface area contributed by atoms with E-state index in [1.165, 1.54) is 24.3 Å². The minimum absolute atomic E-state index is 0.00000240. The number of phenolic OH excluding ortho intramolecular Hbond substituents is 1. The standard InChI is InChI=1S/C25H24FN7O14S4/c26-23-28-24(30-25(29-23)33-5-7-45-8-6-33)27-18-13-17(49(36,37)38)11-14-12-19(50(39,40)41)21(22(34)20(14)18)32-31-15-1-3-16(4-2-15)47-48(35)10-9-46-51(42,43)44/h1-4,11-13,34H,5-10H2,(H,36,37,38)(H,39,40,41)(H,42,43,44)(H,27,28,29,30). The van der Waals surface area contributed by atoms with Gasteiger partial charge in [0.15, 0.2) is 5.75 Å². The highest BCUT2D eigenvalue weighted by molar-refractivity contribution is 7.86. The van der Waals surface area contributed by atoms with E-state index >= 15 is 0 Å². The molecule has 1 aliphatic heterocycles. The second-order valence-electron chi connectivity index (χ2n) is 10.1. The Bertz CT molecular complexity index is 2360. The Labute approximate surface area is 290 Å². The molecule has 1 unspecified atom stereocenters. The third-order valence-electron chi connectivity index (χ3n) is 6.61. The quantitative estimate of drug-likeness (QED) is 0.0957. The highest BCUT2D eigenvalue weighted by Gasteiger charge is 2.26. The molecule has 0 amide bonds. The van der Waals surface area contributed by atoms with E-state index in [1.54, 1.807) is 4.90 Å². The largest absolute Gasteiger partial charge is 0.505 e. The molecular formula is C25H24FN7O14S4. The molecule has 1 atom stereocenters. The van der Waals surface area contributed by atoms with Crippen LogP contribution in [-0.2, 0) is 50.6 Å². The van der Waals surface area contributed by atoms with Gasteiger partial charge in [0.2, 0.25) is 23.0 Å². The molecule has 2 heterocycles. The molecule has 3 aromatic carbocycles. The number of hydrogen-bond donors (Lipinski definition) is 5. The number of nitrogens with one attached hydrogen (secondary N) is 1. The second-order valence-corrected chi connectivity index (χ2v) is 15.2. The fourth-order valence-corrected chi connectivity index (χ4v) is 6.68. The fourth-order valence-electron chi connectivity index (χ4n) is 4.45. The molecule has 0 aliphatic carbocycles. The van der Waals surface area contributed by atoms with Gasteiger partial charge in [-0.3, -0.25) is 13.7 Å². The summed E-state index contributed by atoms with van der Waals surface area (Å²) in [6.45, 7) is 0.577. The monoisotopic (exact) mass is 793 g/mol. The number of halogens is 1. The first kappa shape index (κ1) is 37.7. The molecule has 1 aromatic heterocycles. The summed E-state index contributed by atoms with van der Waals surface area (Å²) in [5.41, 5.74) is -1.21. The van der Waals surface area contributed by atoms with E-state index in [0.29, 0.717) is 26.3 Å². The summed E-state index contributed by atoms with van der Waals surface area (Å²) in [7, 11) is -14.9. The van der Waals surface area contributed by atoms with Gasteiger partial charge in [-0.15, -0.1) is 5.11 Å². The Hall–Kier alpha value is -4.54. The SMILES string of the molecule is O=S(CCOS(=O)(=O)O)Oc1ccc(N=Nc2c(S(=O)(=O)O)cc3cc(S(=O)(=O)O)cc(Nc4nc(F)nc(N5CCOCC5)n4)c3c2O)cc1. The summed E-state index contributed by atoms with van der Waals surface area (Å²) >= 11 is -2.09. The van der Waals surface area contributed by atoms with Crippen molar-refractivity contribution in [2.45, 2.75) is 9.79 Å². The molecule has 5 rings (SSSR count). The summed E-state index contributed by atoms with van der Waals surface area (Å²) in [4.78, 5) is 11.1. The Morgan fingerprint density at radius 2 is 1.63 bits per heavy atom. The number of hydrogen-bond acceptors (Lipinski definition) is 18. The van der Waals surface area contributed by atoms with Crippen LogP contribution in [0.5, 0.6) is 11.5 Å². The van der Waals surface area contributed by atoms with Crippen molar-refractivity contribution in [2.24, 2.45) is 10.2 Å². The fraction of sp³-hybridized carbons (Fsp3) is 0.240. The predicted molar refractivity (Wildman–Crippen MR) is 173 cm³/mol. The number of nitrogens with zero attached hydrogens (tertiary/aromatic N) is 6. The Kier molecular flexibility index (Phi) is 11.1. The van der Waals surface area contributed by atoms with E-state index in [4.69, 9.17) is 13.5 Å². The van der Waals surface area contributed by atoms with Gasteiger partial charge in [-0.1, -0.05) is 0 Å². The zero-order valence-electron chi connectivity index (χ0n) is 25.3. The molecule has 0 radical (unpaired) electrons. The number of anilines is 3. The Balaban J connectivity index is 1.53. The number of aromatic hydroxyl groups is 1. The van der Waals surface area contributed by atoms with Gasteiger partial charge in [0.25, 0.3) is 20.2 Å². The Morgan fingerprint density at radius 1 is 0.941 bits per heavy atom. The van der Waals surface area contributed by atoms with Crippen LogP contribution in [0.2, 0.25) is 0 Å². The van der Waals surface area contributed by atoms with Crippen molar-refractivity contribution in [3.8, 4) is 11.5 Å². The van der Waals surface area contributed by atoms with Gasteiger partial charge in [0, 0.05) is 18.5 Å². The lowest BCUT2D eigenvalue weighted by Gasteiger charge is -2.26. The van der Waals surface area contributed by atoms with Crippen LogP contribution in [0.25, 0.3) is 10.8 Å². The third-order valence-corrected chi connectivity index (χ3v) is 9.65. The lowest BCUT2D eigenvalue weighted by atomic mass is 10.1. The Morgan fingerprint density at radius 3 is 2.25 bits per heavy atom. The van der Waals surface area contributed by atoms with Crippen LogP contribution in [0.15, 0.2) is 62.5 Å². The highest BCUT2D eigenvalue weighted by atomic mass is 32.3. The topological polar surface area (TPSA) is 307 Å². The van der Waals surface area contributed by atoms with Crippen LogP contribution in [0.1, 0.15) is 0 Å². The molecule has 4 aromatic rings. The number of benzene rings is 3. The van der Waals surface area contributed by atoms with Gasteiger partial charge in [0.05, 0.1) is 41.8 Å². The lowest BCUT2D eigenvalue weighted by molar-refractivity contribution is 0.122. The maximum absolute atomic E-state index is 14.5. The van der Waals surface area contributed by atoms with Crippen molar-refractivity contribution in [1.29, 1.82) is 0 Å². The zero-order valence-corrected chi connectivity index (χ0v) is 28.6. The van der Waals surface area contributed by atoms with Crippen molar-refractivity contribution >= 4 is 81.4 Å². The third kappa shape index (κ3) is 9.83. The van der Waals surface area contributed by atoms with E-state index < -0.39 is 87.3 Å². The molecule has 1 aliphatic rings. The molecule has 26 heteroatoms. The van der Waals surface area contributed by atoms with Crippen molar-refractivity contribution in [1.82, 2.24) is 15.0 Å². The normalized spacial score (nSPS) is 14.9. The van der Waals surface area contributed by atoms with E-state index in [0.717, 1.165) is 18.2 Å². The molecular weight excluding hydrogens is 770 g/mol. The first-order chi connectivity index (χ1) is 23.9. The highest BCUT2D eigenvalue weighted by Crippen LogP contribution is 2.45. The number of azo groups is 1. The van der Waals surface area contributed by atoms with Gasteiger partial charge in [-0.25, -0.2) is 8.39 Å². The lowest BCUT2D eigenvalue weighted by Crippen LogP contribution is -2.37. The number of fused-ring (bicyclic) bond motifs is 1. The average molecular weight is 794 g/mol. The molecule has 51 heavy (non-hydrogen) atoms. The molecule has 0 saturated carbocycles. The summed E-state index contributed by atoms with van der Waals surface area (Å²) in [6.07, 6.45) is -1.23. The van der Waals surface area contributed by atoms with Crippen molar-refractivity contribution in [3.05, 3.63) is 48.5 Å². The van der Waals surface area contributed by atoms with Crippen LogP contribution in [0, 0.1) is 6.08 Å². The van der Waals surface area contributed by atoms with Crippen molar-refractivity contribution < 1.29 is 65.7 Å². The number of phenols is 1. The smallest absolute Gasteiger partial charge is 0.397 e. The number of morpholine rings is 1. The summed E-state index contributed by atoms with van der Waals surface area (Å²) < 4.78 is 140. The van der Waals surface area contributed by atoms with Gasteiger partial charge in [-0.05, 0) is 47.9 Å². The van der Waals surface area contributed by atoms with Crippen LogP contribution in [-0.4, -0.2) is 102 Å². The van der Waals surface area contributed by atoms with E-state index in [2.05, 4.69) is 34.7 Å². The molecule has 0 bridgehead atoms. The second kappa shape index (κ2) is 15.0. The van der Waals surface area contributed by atoms with Crippen molar-refractivity contribution in [2.75, 3.05) is 48.9 Å².